The number of hydrogen-bond acceptors (Lipinski definition) is 4. The van der Waals surface area contributed by atoms with E-state index in [1.807, 2.05) is 0 Å². The Balaban J connectivity index is 1.94. The lowest BCUT2D eigenvalue weighted by atomic mass is 9.72. The topological polar surface area (TPSA) is 55.7 Å². The monoisotopic (exact) mass is 284 g/mol. The van der Waals surface area contributed by atoms with E-state index in [1.54, 1.807) is 0 Å². The minimum atomic E-state index is -0.560. The first-order valence-electron chi connectivity index (χ1n) is 8.33. The number of aliphatic hydroxyl groups is 2. The number of nitrogens with one attached hydrogen (secondary N) is 1. The maximum Gasteiger partial charge on any atom is 0.0938 e. The summed E-state index contributed by atoms with van der Waals surface area (Å²) < 4.78 is 0. The zero-order valence-electron chi connectivity index (χ0n) is 13.3. The molecule has 6 unspecified atom stereocenters. The highest BCUT2D eigenvalue weighted by Gasteiger charge is 2.37. The lowest BCUT2D eigenvalue weighted by Crippen LogP contribution is -2.49. The fourth-order valence-corrected chi connectivity index (χ4v) is 4.08. The van der Waals surface area contributed by atoms with E-state index in [9.17, 15) is 10.2 Å². The fraction of sp³-hybridized carbons (Fsp3) is 1.00. The summed E-state index contributed by atoms with van der Waals surface area (Å²) in [4.78, 5) is 2.24. The standard InChI is InChI=1S/C16H32N2O2/c1-4-5-17-14-7-11(2)6-12(3)13(14)8-18-9-15(19)16(20)10-18/h11-17,19-20H,4-10H2,1-3H3. The molecule has 1 saturated carbocycles. The van der Waals surface area contributed by atoms with E-state index in [4.69, 9.17) is 0 Å². The Morgan fingerprint density at radius 3 is 2.35 bits per heavy atom. The first-order valence-corrected chi connectivity index (χ1v) is 8.33. The summed E-state index contributed by atoms with van der Waals surface area (Å²) >= 11 is 0. The number of likely N-dealkylation sites (tertiary alicyclic amines) is 1. The summed E-state index contributed by atoms with van der Waals surface area (Å²) in [5.41, 5.74) is 0. The van der Waals surface area contributed by atoms with Crippen molar-refractivity contribution in [3.63, 3.8) is 0 Å². The molecule has 0 aromatic carbocycles. The normalized spacial score (nSPS) is 43.0. The summed E-state index contributed by atoms with van der Waals surface area (Å²) in [6.07, 6.45) is 2.61. The molecular weight excluding hydrogens is 252 g/mol. The van der Waals surface area contributed by atoms with Gasteiger partial charge in [0, 0.05) is 25.7 Å². The van der Waals surface area contributed by atoms with Gasteiger partial charge in [0.25, 0.3) is 0 Å². The van der Waals surface area contributed by atoms with Gasteiger partial charge in [-0.1, -0.05) is 20.8 Å². The van der Waals surface area contributed by atoms with Gasteiger partial charge in [0.05, 0.1) is 12.2 Å². The Labute approximate surface area is 123 Å². The minimum absolute atomic E-state index is 0.560. The van der Waals surface area contributed by atoms with Crippen LogP contribution >= 0.6 is 0 Å². The summed E-state index contributed by atoms with van der Waals surface area (Å²) in [5, 5.41) is 23.1. The van der Waals surface area contributed by atoms with Gasteiger partial charge >= 0.3 is 0 Å². The summed E-state index contributed by atoms with van der Waals surface area (Å²) in [7, 11) is 0. The van der Waals surface area contributed by atoms with Crippen molar-refractivity contribution in [2.24, 2.45) is 17.8 Å². The van der Waals surface area contributed by atoms with E-state index in [1.165, 1.54) is 19.3 Å². The molecule has 2 aliphatic rings. The molecule has 3 N–H and O–H groups in total. The molecule has 4 heteroatoms. The van der Waals surface area contributed by atoms with Gasteiger partial charge in [-0.2, -0.15) is 0 Å². The van der Waals surface area contributed by atoms with Crippen molar-refractivity contribution in [3.8, 4) is 0 Å². The number of hydrogen-bond donors (Lipinski definition) is 3. The van der Waals surface area contributed by atoms with Crippen LogP contribution in [0.2, 0.25) is 0 Å². The molecule has 118 valence electrons. The fourth-order valence-electron chi connectivity index (χ4n) is 4.08. The van der Waals surface area contributed by atoms with Crippen molar-refractivity contribution in [2.75, 3.05) is 26.2 Å². The van der Waals surface area contributed by atoms with Crippen molar-refractivity contribution in [2.45, 2.75) is 58.3 Å². The molecule has 1 aliphatic heterocycles. The summed E-state index contributed by atoms with van der Waals surface area (Å²) in [6.45, 7) is 10.3. The van der Waals surface area contributed by atoms with E-state index >= 15 is 0 Å². The molecule has 1 heterocycles. The Bertz CT molecular complexity index is 290. The van der Waals surface area contributed by atoms with Gasteiger partial charge in [-0.15, -0.1) is 0 Å². The van der Waals surface area contributed by atoms with Crippen molar-refractivity contribution >= 4 is 0 Å². The van der Waals surface area contributed by atoms with Gasteiger partial charge in [-0.3, -0.25) is 4.90 Å². The minimum Gasteiger partial charge on any atom is -0.389 e. The first-order chi connectivity index (χ1) is 9.51. The maximum absolute atomic E-state index is 9.71. The molecule has 2 fully saturated rings. The van der Waals surface area contributed by atoms with Crippen LogP contribution in [-0.2, 0) is 0 Å². The second-order valence-electron chi connectivity index (χ2n) is 7.13. The number of β-amino-alcohol motifs (C(OH)–C–C–N with tert-alkyl or cyclic N) is 2. The van der Waals surface area contributed by atoms with Crippen LogP contribution in [0.15, 0.2) is 0 Å². The number of nitrogens with zero attached hydrogens (tertiary/aromatic N) is 1. The molecular formula is C16H32N2O2. The Morgan fingerprint density at radius 1 is 1.10 bits per heavy atom. The molecule has 0 radical (unpaired) electrons. The second kappa shape index (κ2) is 7.21. The predicted octanol–water partition coefficient (Wildman–Crippen LogP) is 1.07. The van der Waals surface area contributed by atoms with E-state index in [0.29, 0.717) is 31.0 Å². The predicted molar refractivity (Wildman–Crippen MR) is 81.6 cm³/mol. The third-order valence-corrected chi connectivity index (χ3v) is 5.14. The smallest absolute Gasteiger partial charge is 0.0938 e. The van der Waals surface area contributed by atoms with E-state index in [0.717, 1.165) is 19.0 Å². The van der Waals surface area contributed by atoms with E-state index in [-0.39, 0.29) is 0 Å². The Kier molecular flexibility index (Phi) is 5.84. The summed E-state index contributed by atoms with van der Waals surface area (Å²) in [6, 6.07) is 0.587. The SMILES string of the molecule is CCCNC1CC(C)CC(C)C1CN1CC(O)C(O)C1. The molecule has 0 aromatic rings. The third kappa shape index (κ3) is 3.94. The van der Waals surface area contributed by atoms with Crippen LogP contribution in [0.5, 0.6) is 0 Å². The molecule has 0 bridgehead atoms. The average Bonchev–Trinajstić information content (AvgIpc) is 2.69. The van der Waals surface area contributed by atoms with Gasteiger partial charge in [0.1, 0.15) is 0 Å². The summed E-state index contributed by atoms with van der Waals surface area (Å²) in [5.74, 6) is 2.14. The van der Waals surface area contributed by atoms with Gasteiger partial charge in [-0.05, 0) is 43.6 Å². The highest BCUT2D eigenvalue weighted by molar-refractivity contribution is 4.92. The van der Waals surface area contributed by atoms with Gasteiger partial charge in [0.2, 0.25) is 0 Å². The van der Waals surface area contributed by atoms with Crippen LogP contribution in [0.3, 0.4) is 0 Å². The maximum atomic E-state index is 9.71. The molecule has 1 saturated heterocycles. The molecule has 0 spiro atoms. The van der Waals surface area contributed by atoms with Gasteiger partial charge in [0.15, 0.2) is 0 Å². The molecule has 6 atom stereocenters. The molecule has 4 nitrogen and oxygen atoms in total. The Hall–Kier alpha value is -0.160. The van der Waals surface area contributed by atoms with Gasteiger partial charge in [-0.25, -0.2) is 0 Å². The van der Waals surface area contributed by atoms with Crippen molar-refractivity contribution in [1.82, 2.24) is 10.2 Å². The molecule has 0 aromatic heterocycles. The zero-order valence-corrected chi connectivity index (χ0v) is 13.3. The van der Waals surface area contributed by atoms with E-state index in [2.05, 4.69) is 31.0 Å². The van der Waals surface area contributed by atoms with Crippen LogP contribution in [0.25, 0.3) is 0 Å². The average molecular weight is 284 g/mol. The quantitative estimate of drug-likeness (QED) is 0.707. The Morgan fingerprint density at radius 2 is 1.75 bits per heavy atom. The zero-order chi connectivity index (χ0) is 14.7. The van der Waals surface area contributed by atoms with Crippen LogP contribution < -0.4 is 5.32 Å². The van der Waals surface area contributed by atoms with E-state index < -0.39 is 12.2 Å². The highest BCUT2D eigenvalue weighted by atomic mass is 16.3. The lowest BCUT2D eigenvalue weighted by Gasteiger charge is -2.42. The van der Waals surface area contributed by atoms with Crippen LogP contribution in [-0.4, -0.2) is 59.5 Å². The number of aliphatic hydroxyl groups excluding tert-OH is 2. The van der Waals surface area contributed by atoms with Gasteiger partial charge < -0.3 is 15.5 Å². The molecule has 2 rings (SSSR count). The molecule has 0 amide bonds. The van der Waals surface area contributed by atoms with Crippen molar-refractivity contribution < 1.29 is 10.2 Å². The number of rotatable bonds is 5. The molecule has 20 heavy (non-hydrogen) atoms. The van der Waals surface area contributed by atoms with Crippen LogP contribution in [0.1, 0.15) is 40.0 Å². The molecule has 1 aliphatic carbocycles. The largest absolute Gasteiger partial charge is 0.389 e. The van der Waals surface area contributed by atoms with Crippen molar-refractivity contribution in [1.29, 1.82) is 0 Å². The van der Waals surface area contributed by atoms with Crippen molar-refractivity contribution in [3.05, 3.63) is 0 Å². The first kappa shape index (κ1) is 16.2. The third-order valence-electron chi connectivity index (χ3n) is 5.14. The highest BCUT2D eigenvalue weighted by Crippen LogP contribution is 2.35. The van der Waals surface area contributed by atoms with Crippen LogP contribution in [0.4, 0.5) is 0 Å². The lowest BCUT2D eigenvalue weighted by molar-refractivity contribution is 0.0572. The van der Waals surface area contributed by atoms with Crippen LogP contribution in [0, 0.1) is 17.8 Å². The second-order valence-corrected chi connectivity index (χ2v) is 7.13.